The van der Waals surface area contributed by atoms with Gasteiger partial charge < -0.3 is 9.80 Å². The van der Waals surface area contributed by atoms with Gasteiger partial charge in [0.1, 0.15) is 6.04 Å². The fourth-order valence-corrected chi connectivity index (χ4v) is 2.87. The monoisotopic (exact) mass is 288 g/mol. The third-order valence-electron chi connectivity index (χ3n) is 4.17. The topological polar surface area (TPSA) is 40.6 Å². The lowest BCUT2D eigenvalue weighted by atomic mass is 10.1. The molecule has 2 amide bonds. The SMILES string of the molecule is CCN(CC)C(=O)[C@H]1CCCN1C(=O)c1ccc(C)cc1. The van der Waals surface area contributed by atoms with Gasteiger partial charge in [-0.25, -0.2) is 0 Å². The maximum absolute atomic E-state index is 12.6. The quantitative estimate of drug-likeness (QED) is 0.854. The first-order valence-electron chi connectivity index (χ1n) is 7.74. The summed E-state index contributed by atoms with van der Waals surface area (Å²) in [4.78, 5) is 28.7. The molecule has 114 valence electrons. The van der Waals surface area contributed by atoms with E-state index >= 15 is 0 Å². The summed E-state index contributed by atoms with van der Waals surface area (Å²) in [5.74, 6) is 0.0518. The molecule has 0 radical (unpaired) electrons. The van der Waals surface area contributed by atoms with Crippen LogP contribution in [0.1, 0.15) is 42.6 Å². The molecule has 0 aliphatic carbocycles. The van der Waals surface area contributed by atoms with E-state index in [4.69, 9.17) is 0 Å². The van der Waals surface area contributed by atoms with Crippen LogP contribution in [0.5, 0.6) is 0 Å². The molecular weight excluding hydrogens is 264 g/mol. The Kier molecular flexibility index (Phi) is 4.99. The molecule has 0 saturated carbocycles. The second kappa shape index (κ2) is 6.74. The van der Waals surface area contributed by atoms with Crippen molar-refractivity contribution in [2.45, 2.75) is 39.7 Å². The molecule has 0 aromatic heterocycles. The van der Waals surface area contributed by atoms with Crippen LogP contribution in [0, 0.1) is 6.92 Å². The predicted octanol–water partition coefficient (Wildman–Crippen LogP) is 2.47. The first-order valence-corrected chi connectivity index (χ1v) is 7.74. The molecule has 2 rings (SSSR count). The maximum Gasteiger partial charge on any atom is 0.254 e. The summed E-state index contributed by atoms with van der Waals surface area (Å²) in [5.41, 5.74) is 1.79. The molecule has 4 heteroatoms. The highest BCUT2D eigenvalue weighted by molar-refractivity contribution is 5.98. The smallest absolute Gasteiger partial charge is 0.254 e. The Labute approximate surface area is 126 Å². The fourth-order valence-electron chi connectivity index (χ4n) is 2.87. The van der Waals surface area contributed by atoms with Gasteiger partial charge in [0.2, 0.25) is 5.91 Å². The third-order valence-corrected chi connectivity index (χ3v) is 4.17. The summed E-state index contributed by atoms with van der Waals surface area (Å²) in [5, 5.41) is 0. The number of nitrogens with zero attached hydrogens (tertiary/aromatic N) is 2. The van der Waals surface area contributed by atoms with Gasteiger partial charge in [0.05, 0.1) is 0 Å². The minimum atomic E-state index is -0.293. The standard InChI is InChI=1S/C17H24N2O2/c1-4-18(5-2)17(21)15-7-6-12-19(15)16(20)14-10-8-13(3)9-11-14/h8-11,15H,4-7,12H2,1-3H3/t15-/m1/s1. The molecule has 1 heterocycles. The molecule has 21 heavy (non-hydrogen) atoms. The van der Waals surface area contributed by atoms with E-state index in [0.29, 0.717) is 25.2 Å². The molecule has 4 nitrogen and oxygen atoms in total. The summed E-state index contributed by atoms with van der Waals surface area (Å²) >= 11 is 0. The Morgan fingerprint density at radius 2 is 1.81 bits per heavy atom. The lowest BCUT2D eigenvalue weighted by Crippen LogP contribution is -2.47. The van der Waals surface area contributed by atoms with Crippen LogP contribution in [-0.2, 0) is 4.79 Å². The molecule has 1 aliphatic rings. The van der Waals surface area contributed by atoms with Crippen molar-refractivity contribution < 1.29 is 9.59 Å². The van der Waals surface area contributed by atoms with Crippen molar-refractivity contribution >= 4 is 11.8 Å². The van der Waals surface area contributed by atoms with Crippen LogP contribution in [0.15, 0.2) is 24.3 Å². The highest BCUT2D eigenvalue weighted by Gasteiger charge is 2.36. The molecule has 0 N–H and O–H groups in total. The van der Waals surface area contributed by atoms with E-state index in [0.717, 1.165) is 18.4 Å². The summed E-state index contributed by atoms with van der Waals surface area (Å²) in [6, 6.07) is 7.26. The van der Waals surface area contributed by atoms with Gasteiger partial charge in [-0.2, -0.15) is 0 Å². The minimum Gasteiger partial charge on any atom is -0.341 e. The first kappa shape index (κ1) is 15.5. The number of hydrogen-bond acceptors (Lipinski definition) is 2. The van der Waals surface area contributed by atoms with E-state index in [9.17, 15) is 9.59 Å². The second-order valence-corrected chi connectivity index (χ2v) is 5.53. The average Bonchev–Trinajstić information content (AvgIpc) is 2.97. The summed E-state index contributed by atoms with van der Waals surface area (Å²) in [7, 11) is 0. The Morgan fingerprint density at radius 3 is 2.38 bits per heavy atom. The molecule has 1 fully saturated rings. The summed E-state index contributed by atoms with van der Waals surface area (Å²) < 4.78 is 0. The van der Waals surface area contributed by atoms with Crippen molar-refractivity contribution in [2.75, 3.05) is 19.6 Å². The minimum absolute atomic E-state index is 0.0296. The number of hydrogen-bond donors (Lipinski definition) is 0. The van der Waals surface area contributed by atoms with Crippen LogP contribution in [-0.4, -0.2) is 47.3 Å². The Hall–Kier alpha value is -1.84. The van der Waals surface area contributed by atoms with Gasteiger partial charge >= 0.3 is 0 Å². The molecule has 1 aromatic rings. The van der Waals surface area contributed by atoms with Gasteiger partial charge in [0.25, 0.3) is 5.91 Å². The van der Waals surface area contributed by atoms with Crippen molar-refractivity contribution in [3.63, 3.8) is 0 Å². The Morgan fingerprint density at radius 1 is 1.19 bits per heavy atom. The van der Waals surface area contributed by atoms with Crippen LogP contribution in [0.2, 0.25) is 0 Å². The Bertz CT molecular complexity index is 506. The molecule has 1 aromatic carbocycles. The highest BCUT2D eigenvalue weighted by Crippen LogP contribution is 2.22. The zero-order valence-electron chi connectivity index (χ0n) is 13.1. The lowest BCUT2D eigenvalue weighted by Gasteiger charge is -2.29. The van der Waals surface area contributed by atoms with Crippen molar-refractivity contribution in [2.24, 2.45) is 0 Å². The van der Waals surface area contributed by atoms with Gasteiger partial charge in [-0.3, -0.25) is 9.59 Å². The molecule has 0 unspecified atom stereocenters. The number of carbonyl (C=O) groups is 2. The normalized spacial score (nSPS) is 17.9. The number of rotatable bonds is 4. The van der Waals surface area contributed by atoms with Crippen LogP contribution in [0.4, 0.5) is 0 Å². The first-order chi connectivity index (χ1) is 10.1. The van der Waals surface area contributed by atoms with E-state index < -0.39 is 0 Å². The van der Waals surface area contributed by atoms with E-state index in [-0.39, 0.29) is 17.9 Å². The van der Waals surface area contributed by atoms with Gasteiger partial charge in [-0.15, -0.1) is 0 Å². The highest BCUT2D eigenvalue weighted by atomic mass is 16.2. The van der Waals surface area contributed by atoms with Crippen LogP contribution in [0.25, 0.3) is 0 Å². The molecular formula is C17H24N2O2. The zero-order chi connectivity index (χ0) is 15.4. The van der Waals surface area contributed by atoms with Crippen LogP contribution < -0.4 is 0 Å². The van der Waals surface area contributed by atoms with Crippen molar-refractivity contribution in [1.29, 1.82) is 0 Å². The summed E-state index contributed by atoms with van der Waals surface area (Å²) in [6.45, 7) is 8.00. The van der Waals surface area contributed by atoms with Crippen LogP contribution >= 0.6 is 0 Å². The maximum atomic E-state index is 12.6. The largest absolute Gasteiger partial charge is 0.341 e. The van der Waals surface area contributed by atoms with Crippen molar-refractivity contribution in [1.82, 2.24) is 9.80 Å². The van der Waals surface area contributed by atoms with Gasteiger partial charge in [-0.05, 0) is 45.7 Å². The number of aryl methyl sites for hydroxylation is 1. The number of benzene rings is 1. The fraction of sp³-hybridized carbons (Fsp3) is 0.529. The molecule has 1 saturated heterocycles. The summed E-state index contributed by atoms with van der Waals surface area (Å²) in [6.07, 6.45) is 1.67. The van der Waals surface area contributed by atoms with E-state index in [1.54, 1.807) is 4.90 Å². The van der Waals surface area contributed by atoms with Crippen LogP contribution in [0.3, 0.4) is 0 Å². The van der Waals surface area contributed by atoms with E-state index in [1.807, 2.05) is 49.9 Å². The lowest BCUT2D eigenvalue weighted by molar-refractivity contribution is -0.134. The molecule has 1 atom stereocenters. The van der Waals surface area contributed by atoms with Gasteiger partial charge in [0.15, 0.2) is 0 Å². The molecule has 0 bridgehead atoms. The second-order valence-electron chi connectivity index (χ2n) is 5.53. The number of amides is 2. The number of carbonyl (C=O) groups excluding carboxylic acids is 2. The van der Waals surface area contributed by atoms with E-state index in [2.05, 4.69) is 0 Å². The molecule has 0 spiro atoms. The Balaban J connectivity index is 2.16. The number of likely N-dealkylation sites (tertiary alicyclic amines) is 1. The van der Waals surface area contributed by atoms with Gasteiger partial charge in [0, 0.05) is 25.2 Å². The van der Waals surface area contributed by atoms with Gasteiger partial charge in [-0.1, -0.05) is 17.7 Å². The molecule has 1 aliphatic heterocycles. The van der Waals surface area contributed by atoms with Crippen molar-refractivity contribution in [3.8, 4) is 0 Å². The average molecular weight is 288 g/mol. The predicted molar refractivity (Wildman–Crippen MR) is 83.2 cm³/mol. The number of likely N-dealkylation sites (N-methyl/N-ethyl adjacent to an activating group) is 1. The zero-order valence-corrected chi connectivity index (χ0v) is 13.1. The van der Waals surface area contributed by atoms with E-state index in [1.165, 1.54) is 0 Å². The van der Waals surface area contributed by atoms with Crippen molar-refractivity contribution in [3.05, 3.63) is 35.4 Å². The third kappa shape index (κ3) is 3.26.